The Morgan fingerprint density at radius 1 is 1.22 bits per heavy atom. The number of nitrogens with one attached hydrogen (secondary N) is 1. The smallest absolute Gasteiger partial charge is 0.337 e. The Kier molecular flexibility index (Phi) is 5.35. The average molecular weight is 249 g/mol. The van der Waals surface area contributed by atoms with Crippen molar-refractivity contribution in [3.05, 3.63) is 35.4 Å². The highest BCUT2D eigenvalue weighted by atomic mass is 16.5. The second kappa shape index (κ2) is 6.55. The third kappa shape index (κ3) is 3.84. The Bertz CT molecular complexity index is 380. The zero-order chi connectivity index (χ0) is 13.6. The van der Waals surface area contributed by atoms with Gasteiger partial charge in [0.1, 0.15) is 0 Å². The Morgan fingerprint density at radius 2 is 1.78 bits per heavy atom. The standard InChI is InChI=1S/C15H23NO2/c1-5-15(3,6-2)16-11-12-7-9-13(10-8-12)14(17)18-4/h7-10,16H,5-6,11H2,1-4H3. The van der Waals surface area contributed by atoms with Gasteiger partial charge < -0.3 is 10.1 Å². The van der Waals surface area contributed by atoms with Crippen molar-refractivity contribution in [2.75, 3.05) is 7.11 Å². The van der Waals surface area contributed by atoms with E-state index in [0.717, 1.165) is 19.4 Å². The van der Waals surface area contributed by atoms with Gasteiger partial charge in [-0.05, 0) is 37.5 Å². The molecule has 0 amide bonds. The zero-order valence-corrected chi connectivity index (χ0v) is 11.7. The summed E-state index contributed by atoms with van der Waals surface area (Å²) < 4.78 is 4.67. The summed E-state index contributed by atoms with van der Waals surface area (Å²) in [7, 11) is 1.39. The van der Waals surface area contributed by atoms with E-state index >= 15 is 0 Å². The highest BCUT2D eigenvalue weighted by Crippen LogP contribution is 2.15. The van der Waals surface area contributed by atoms with Crippen LogP contribution in [-0.2, 0) is 11.3 Å². The molecule has 0 fully saturated rings. The third-order valence-corrected chi connectivity index (χ3v) is 3.65. The molecule has 0 aliphatic heterocycles. The summed E-state index contributed by atoms with van der Waals surface area (Å²) >= 11 is 0. The third-order valence-electron chi connectivity index (χ3n) is 3.65. The molecule has 0 heterocycles. The predicted octanol–water partition coefficient (Wildman–Crippen LogP) is 3.14. The molecule has 1 aromatic rings. The molecular formula is C15H23NO2. The number of hydrogen-bond acceptors (Lipinski definition) is 3. The Labute approximate surface area is 110 Å². The molecule has 3 nitrogen and oxygen atoms in total. The minimum absolute atomic E-state index is 0.182. The van der Waals surface area contributed by atoms with Crippen molar-refractivity contribution in [1.29, 1.82) is 0 Å². The molecule has 18 heavy (non-hydrogen) atoms. The van der Waals surface area contributed by atoms with E-state index in [1.807, 2.05) is 12.1 Å². The van der Waals surface area contributed by atoms with Gasteiger partial charge in [-0.15, -0.1) is 0 Å². The molecule has 0 bridgehead atoms. The van der Waals surface area contributed by atoms with Gasteiger partial charge in [0.05, 0.1) is 12.7 Å². The molecule has 1 N–H and O–H groups in total. The topological polar surface area (TPSA) is 38.3 Å². The lowest BCUT2D eigenvalue weighted by atomic mass is 9.95. The van der Waals surface area contributed by atoms with Crippen molar-refractivity contribution in [1.82, 2.24) is 5.32 Å². The normalized spacial score (nSPS) is 11.3. The van der Waals surface area contributed by atoms with Gasteiger partial charge in [-0.1, -0.05) is 26.0 Å². The number of hydrogen-bond donors (Lipinski definition) is 1. The number of carbonyl (C=O) groups excluding carboxylic acids is 1. The van der Waals surface area contributed by atoms with Gasteiger partial charge in [0.15, 0.2) is 0 Å². The largest absolute Gasteiger partial charge is 0.465 e. The van der Waals surface area contributed by atoms with Gasteiger partial charge >= 0.3 is 5.97 Å². The molecule has 0 radical (unpaired) electrons. The van der Waals surface area contributed by atoms with E-state index in [4.69, 9.17) is 0 Å². The maximum atomic E-state index is 11.3. The van der Waals surface area contributed by atoms with Crippen LogP contribution in [0, 0.1) is 0 Å². The fourth-order valence-corrected chi connectivity index (χ4v) is 1.69. The van der Waals surface area contributed by atoms with Gasteiger partial charge in [-0.2, -0.15) is 0 Å². The monoisotopic (exact) mass is 249 g/mol. The number of benzene rings is 1. The van der Waals surface area contributed by atoms with Crippen molar-refractivity contribution in [2.45, 2.75) is 45.7 Å². The van der Waals surface area contributed by atoms with Crippen LogP contribution in [0.25, 0.3) is 0 Å². The number of ether oxygens (including phenoxy) is 1. The first-order valence-electron chi connectivity index (χ1n) is 6.47. The van der Waals surface area contributed by atoms with Crippen LogP contribution in [0.4, 0.5) is 0 Å². The van der Waals surface area contributed by atoms with Gasteiger partial charge in [-0.3, -0.25) is 0 Å². The van der Waals surface area contributed by atoms with Crippen molar-refractivity contribution in [3.8, 4) is 0 Å². The molecule has 0 aliphatic carbocycles. The second-order valence-corrected chi connectivity index (χ2v) is 4.81. The molecular weight excluding hydrogens is 226 g/mol. The quantitative estimate of drug-likeness (QED) is 0.787. The SMILES string of the molecule is CCC(C)(CC)NCc1ccc(C(=O)OC)cc1. The van der Waals surface area contributed by atoms with Crippen molar-refractivity contribution >= 4 is 5.97 Å². The lowest BCUT2D eigenvalue weighted by Gasteiger charge is -2.28. The lowest BCUT2D eigenvalue weighted by molar-refractivity contribution is 0.0600. The van der Waals surface area contributed by atoms with Crippen molar-refractivity contribution < 1.29 is 9.53 Å². The lowest BCUT2D eigenvalue weighted by Crippen LogP contribution is -2.40. The number of esters is 1. The highest BCUT2D eigenvalue weighted by Gasteiger charge is 2.18. The maximum Gasteiger partial charge on any atom is 0.337 e. The summed E-state index contributed by atoms with van der Waals surface area (Å²) in [6, 6.07) is 7.53. The minimum Gasteiger partial charge on any atom is -0.465 e. The summed E-state index contributed by atoms with van der Waals surface area (Å²) in [5, 5.41) is 3.56. The van der Waals surface area contributed by atoms with E-state index in [-0.39, 0.29) is 11.5 Å². The highest BCUT2D eigenvalue weighted by molar-refractivity contribution is 5.89. The molecule has 0 saturated heterocycles. The van der Waals surface area contributed by atoms with E-state index < -0.39 is 0 Å². The number of rotatable bonds is 6. The van der Waals surface area contributed by atoms with Crippen LogP contribution in [-0.4, -0.2) is 18.6 Å². The van der Waals surface area contributed by atoms with Crippen molar-refractivity contribution in [2.24, 2.45) is 0 Å². The Balaban J connectivity index is 2.62. The first kappa shape index (κ1) is 14.7. The van der Waals surface area contributed by atoms with E-state index in [2.05, 4.69) is 30.8 Å². The van der Waals surface area contributed by atoms with Crippen LogP contribution in [0.15, 0.2) is 24.3 Å². The number of carbonyl (C=O) groups is 1. The van der Waals surface area contributed by atoms with Crippen LogP contribution in [0.1, 0.15) is 49.5 Å². The van der Waals surface area contributed by atoms with Gasteiger partial charge in [-0.25, -0.2) is 4.79 Å². The molecule has 3 heteroatoms. The first-order valence-corrected chi connectivity index (χ1v) is 6.47. The molecule has 0 saturated carbocycles. The molecule has 0 atom stereocenters. The first-order chi connectivity index (χ1) is 8.54. The molecule has 0 aliphatic rings. The molecule has 100 valence electrons. The summed E-state index contributed by atoms with van der Waals surface area (Å²) in [6.45, 7) is 7.43. The fourth-order valence-electron chi connectivity index (χ4n) is 1.69. The second-order valence-electron chi connectivity index (χ2n) is 4.81. The van der Waals surface area contributed by atoms with Crippen LogP contribution >= 0.6 is 0 Å². The molecule has 1 aromatic carbocycles. The van der Waals surface area contributed by atoms with Gasteiger partial charge in [0.25, 0.3) is 0 Å². The summed E-state index contributed by atoms with van der Waals surface area (Å²) in [5.74, 6) is -0.290. The van der Waals surface area contributed by atoms with E-state index in [9.17, 15) is 4.79 Å². The van der Waals surface area contributed by atoms with Gasteiger partial charge in [0.2, 0.25) is 0 Å². The Morgan fingerprint density at radius 3 is 2.22 bits per heavy atom. The van der Waals surface area contributed by atoms with E-state index in [1.54, 1.807) is 12.1 Å². The predicted molar refractivity (Wildman–Crippen MR) is 73.6 cm³/mol. The van der Waals surface area contributed by atoms with Crippen LogP contribution in [0.5, 0.6) is 0 Å². The van der Waals surface area contributed by atoms with Crippen LogP contribution in [0.3, 0.4) is 0 Å². The van der Waals surface area contributed by atoms with E-state index in [1.165, 1.54) is 12.7 Å². The Hall–Kier alpha value is -1.35. The molecule has 0 spiro atoms. The molecule has 0 aromatic heterocycles. The summed E-state index contributed by atoms with van der Waals surface area (Å²) in [6.07, 6.45) is 2.20. The maximum absolute atomic E-state index is 11.3. The number of methoxy groups -OCH3 is 1. The van der Waals surface area contributed by atoms with E-state index in [0.29, 0.717) is 5.56 Å². The van der Waals surface area contributed by atoms with Gasteiger partial charge in [0, 0.05) is 12.1 Å². The molecule has 1 rings (SSSR count). The fraction of sp³-hybridized carbons (Fsp3) is 0.533. The summed E-state index contributed by atoms with van der Waals surface area (Å²) in [4.78, 5) is 11.3. The van der Waals surface area contributed by atoms with Crippen LogP contribution < -0.4 is 5.32 Å². The van der Waals surface area contributed by atoms with Crippen LogP contribution in [0.2, 0.25) is 0 Å². The zero-order valence-electron chi connectivity index (χ0n) is 11.7. The average Bonchev–Trinajstić information content (AvgIpc) is 2.44. The minimum atomic E-state index is -0.290. The molecule has 0 unspecified atom stereocenters. The summed E-state index contributed by atoms with van der Waals surface area (Å²) in [5.41, 5.74) is 1.95. The van der Waals surface area contributed by atoms with Crippen molar-refractivity contribution in [3.63, 3.8) is 0 Å².